The quantitative estimate of drug-likeness (QED) is 0.453. The fourth-order valence-corrected chi connectivity index (χ4v) is 4.77. The number of aromatic nitrogens is 4. The van der Waals surface area contributed by atoms with Gasteiger partial charge >= 0.3 is 0 Å². The Morgan fingerprint density at radius 2 is 1.75 bits per heavy atom. The number of rotatable bonds is 7. The van der Waals surface area contributed by atoms with E-state index in [-0.39, 0.29) is 22.6 Å². The molecule has 2 aliphatic heterocycles. The van der Waals surface area contributed by atoms with Crippen LogP contribution in [0.4, 0.5) is 5.82 Å². The molecule has 3 aromatic rings. The average molecular weight is 514 g/mol. The zero-order valence-corrected chi connectivity index (χ0v) is 21.0. The fourth-order valence-electron chi connectivity index (χ4n) is 4.14. The first kappa shape index (κ1) is 24.0. The first-order chi connectivity index (χ1) is 17.3. The third-order valence-corrected chi connectivity index (χ3v) is 7.23. The van der Waals surface area contributed by atoms with E-state index in [9.17, 15) is 8.42 Å². The summed E-state index contributed by atoms with van der Waals surface area (Å²) in [5.74, 6) is 3.13. The Bertz CT molecular complexity index is 1340. The molecule has 0 atom stereocenters. The van der Waals surface area contributed by atoms with Crippen molar-refractivity contribution >= 4 is 15.7 Å². The lowest BCUT2D eigenvalue weighted by Gasteiger charge is -2.33. The summed E-state index contributed by atoms with van der Waals surface area (Å²) in [4.78, 5) is 15.8. The lowest BCUT2D eigenvalue weighted by molar-refractivity contribution is -0.0261. The molecular weight excluding hydrogens is 486 g/mol. The van der Waals surface area contributed by atoms with Gasteiger partial charge in [0.05, 0.1) is 4.90 Å². The van der Waals surface area contributed by atoms with Gasteiger partial charge in [0, 0.05) is 31.2 Å². The van der Waals surface area contributed by atoms with E-state index in [0.717, 1.165) is 24.9 Å². The SMILES string of the molecule is CC(C)c1noc(C2CCN(c3ncnc(Oc4ccc(S(C)(=O)=O)cc4)c3C3OC=CO3)CC2)n1. The second-order valence-electron chi connectivity index (χ2n) is 9.04. The zero-order chi connectivity index (χ0) is 25.3. The van der Waals surface area contributed by atoms with Crippen molar-refractivity contribution < 1.29 is 27.2 Å². The second kappa shape index (κ2) is 9.76. The molecule has 5 rings (SSSR count). The van der Waals surface area contributed by atoms with Gasteiger partial charge in [0.2, 0.25) is 11.8 Å². The monoisotopic (exact) mass is 513 g/mol. The zero-order valence-electron chi connectivity index (χ0n) is 20.2. The van der Waals surface area contributed by atoms with Crippen molar-refractivity contribution in [3.8, 4) is 11.6 Å². The molecule has 0 amide bonds. The van der Waals surface area contributed by atoms with Crippen molar-refractivity contribution in [1.29, 1.82) is 0 Å². The van der Waals surface area contributed by atoms with Crippen LogP contribution < -0.4 is 9.64 Å². The van der Waals surface area contributed by atoms with E-state index in [0.29, 0.717) is 36.1 Å². The Labute approximate surface area is 209 Å². The highest BCUT2D eigenvalue weighted by molar-refractivity contribution is 7.90. The van der Waals surface area contributed by atoms with Gasteiger partial charge in [-0.25, -0.2) is 18.4 Å². The van der Waals surface area contributed by atoms with Crippen molar-refractivity contribution in [2.75, 3.05) is 24.2 Å². The van der Waals surface area contributed by atoms with Crippen LogP contribution in [0.5, 0.6) is 11.6 Å². The minimum atomic E-state index is -3.31. The molecule has 12 heteroatoms. The van der Waals surface area contributed by atoms with Crippen LogP contribution in [0.25, 0.3) is 0 Å². The summed E-state index contributed by atoms with van der Waals surface area (Å²) in [6.07, 6.45) is 6.37. The van der Waals surface area contributed by atoms with Gasteiger partial charge in [-0.1, -0.05) is 19.0 Å². The van der Waals surface area contributed by atoms with Crippen molar-refractivity contribution in [1.82, 2.24) is 20.1 Å². The summed E-state index contributed by atoms with van der Waals surface area (Å²) in [5.41, 5.74) is 0.549. The van der Waals surface area contributed by atoms with Gasteiger partial charge in [-0.2, -0.15) is 4.98 Å². The van der Waals surface area contributed by atoms with Gasteiger partial charge in [-0.15, -0.1) is 0 Å². The maximum absolute atomic E-state index is 11.8. The third-order valence-electron chi connectivity index (χ3n) is 6.11. The van der Waals surface area contributed by atoms with Crippen LogP contribution in [-0.4, -0.2) is 47.9 Å². The molecule has 0 radical (unpaired) electrons. The van der Waals surface area contributed by atoms with E-state index in [1.54, 1.807) is 12.1 Å². The number of hydrogen-bond donors (Lipinski definition) is 0. The van der Waals surface area contributed by atoms with E-state index in [1.165, 1.54) is 31.0 Å². The summed E-state index contributed by atoms with van der Waals surface area (Å²) in [7, 11) is -3.31. The second-order valence-corrected chi connectivity index (χ2v) is 11.1. The maximum atomic E-state index is 11.8. The lowest BCUT2D eigenvalue weighted by atomic mass is 9.96. The highest BCUT2D eigenvalue weighted by Crippen LogP contribution is 2.40. The van der Waals surface area contributed by atoms with Crippen molar-refractivity contribution in [2.45, 2.75) is 49.7 Å². The van der Waals surface area contributed by atoms with Gasteiger partial charge in [0.25, 0.3) is 6.29 Å². The number of sulfone groups is 1. The Morgan fingerprint density at radius 1 is 1.06 bits per heavy atom. The molecule has 0 saturated carbocycles. The fraction of sp³-hybridized carbons (Fsp3) is 0.417. The van der Waals surface area contributed by atoms with Crippen molar-refractivity contribution in [3.63, 3.8) is 0 Å². The molecule has 11 nitrogen and oxygen atoms in total. The maximum Gasteiger partial charge on any atom is 0.275 e. The van der Waals surface area contributed by atoms with E-state index in [2.05, 4.69) is 25.0 Å². The highest BCUT2D eigenvalue weighted by Gasteiger charge is 2.33. The van der Waals surface area contributed by atoms with Gasteiger partial charge < -0.3 is 23.6 Å². The Kier molecular flexibility index (Phi) is 6.52. The summed E-state index contributed by atoms with van der Waals surface area (Å²) in [6.45, 7) is 5.48. The van der Waals surface area contributed by atoms with E-state index in [4.69, 9.17) is 18.7 Å². The predicted octanol–water partition coefficient (Wildman–Crippen LogP) is 4.08. The van der Waals surface area contributed by atoms with Crippen molar-refractivity contribution in [2.24, 2.45) is 0 Å². The number of piperidine rings is 1. The molecule has 4 heterocycles. The van der Waals surface area contributed by atoms with Crippen LogP contribution in [0.1, 0.15) is 62.1 Å². The molecule has 2 aliphatic rings. The molecule has 36 heavy (non-hydrogen) atoms. The number of anilines is 1. The van der Waals surface area contributed by atoms with Crippen LogP contribution in [-0.2, 0) is 19.3 Å². The number of nitrogens with zero attached hydrogens (tertiary/aromatic N) is 5. The minimum Gasteiger partial charge on any atom is -0.455 e. The average Bonchev–Trinajstić information content (AvgIpc) is 3.57. The van der Waals surface area contributed by atoms with Crippen LogP contribution >= 0.6 is 0 Å². The standard InChI is InChI=1S/C24H27N5O6S/c1-15(2)20-27-22(35-28-20)16-8-10-29(11-9-16)21-19(24-32-12-13-33-24)23(26-14-25-21)34-17-4-6-18(7-5-17)36(3,30)31/h4-7,12-16,24H,8-11H2,1-3H3. The lowest BCUT2D eigenvalue weighted by Crippen LogP contribution is -2.34. The molecule has 190 valence electrons. The first-order valence-corrected chi connectivity index (χ1v) is 13.6. The van der Waals surface area contributed by atoms with Gasteiger partial charge in [-0.3, -0.25) is 0 Å². The molecule has 0 aliphatic carbocycles. The summed E-state index contributed by atoms with van der Waals surface area (Å²) in [5, 5.41) is 4.09. The molecule has 2 aromatic heterocycles. The molecule has 0 spiro atoms. The topological polar surface area (TPSA) is 130 Å². The summed E-state index contributed by atoms with van der Waals surface area (Å²) in [6, 6.07) is 6.14. The molecule has 1 saturated heterocycles. The molecule has 1 fully saturated rings. The number of hydrogen-bond acceptors (Lipinski definition) is 11. The van der Waals surface area contributed by atoms with Gasteiger partial charge in [-0.05, 0) is 37.1 Å². The van der Waals surface area contributed by atoms with E-state index >= 15 is 0 Å². The van der Waals surface area contributed by atoms with Crippen LogP contribution in [0.2, 0.25) is 0 Å². The molecule has 1 aromatic carbocycles. The Morgan fingerprint density at radius 3 is 2.36 bits per heavy atom. The largest absolute Gasteiger partial charge is 0.455 e. The normalized spacial score (nSPS) is 16.8. The number of ether oxygens (including phenoxy) is 3. The number of benzene rings is 1. The van der Waals surface area contributed by atoms with Gasteiger partial charge in [0.15, 0.2) is 15.7 Å². The highest BCUT2D eigenvalue weighted by atomic mass is 32.2. The van der Waals surface area contributed by atoms with Crippen LogP contribution in [0, 0.1) is 0 Å². The smallest absolute Gasteiger partial charge is 0.275 e. The molecule has 0 bridgehead atoms. The first-order valence-electron chi connectivity index (χ1n) is 11.7. The Balaban J connectivity index is 1.38. The molecular formula is C24H27N5O6S. The van der Waals surface area contributed by atoms with Crippen LogP contribution in [0.15, 0.2) is 52.5 Å². The Hall–Kier alpha value is -3.67. The molecule has 0 N–H and O–H groups in total. The minimum absolute atomic E-state index is 0.177. The van der Waals surface area contributed by atoms with Crippen LogP contribution in [0.3, 0.4) is 0 Å². The van der Waals surface area contributed by atoms with Gasteiger partial charge in [0.1, 0.15) is 36.0 Å². The van der Waals surface area contributed by atoms with E-state index < -0.39 is 16.1 Å². The predicted molar refractivity (Wildman–Crippen MR) is 128 cm³/mol. The summed E-state index contributed by atoms with van der Waals surface area (Å²) < 4.78 is 46.4. The van der Waals surface area contributed by atoms with E-state index in [1.807, 2.05) is 13.8 Å². The molecule has 0 unspecified atom stereocenters. The third kappa shape index (κ3) is 4.99. The van der Waals surface area contributed by atoms with Crippen molar-refractivity contribution in [3.05, 3.63) is 60.4 Å². The summed E-state index contributed by atoms with van der Waals surface area (Å²) >= 11 is 0.